The predicted octanol–water partition coefficient (Wildman–Crippen LogP) is 4.55. The van der Waals surface area contributed by atoms with E-state index < -0.39 is 0 Å². The highest BCUT2D eigenvalue weighted by Gasteiger charge is 2.12. The summed E-state index contributed by atoms with van der Waals surface area (Å²) < 4.78 is 2.07. The first kappa shape index (κ1) is 17.4. The summed E-state index contributed by atoms with van der Waals surface area (Å²) in [5, 5.41) is 0. The maximum absolute atomic E-state index is 4.77. The molecule has 4 aromatic rings. The van der Waals surface area contributed by atoms with Crippen LogP contribution in [0.4, 0.5) is 0 Å². The molecule has 4 heteroatoms. The molecule has 0 aliphatic carbocycles. The number of imidazole rings is 1. The van der Waals surface area contributed by atoms with Crippen LogP contribution >= 0.6 is 0 Å². The summed E-state index contributed by atoms with van der Waals surface area (Å²) in [4.78, 5) is 11.8. The minimum atomic E-state index is 0.780. The fourth-order valence-electron chi connectivity index (χ4n) is 3.47. The Kier molecular flexibility index (Phi) is 4.99. The fourth-order valence-corrected chi connectivity index (χ4v) is 3.47. The molecule has 0 aliphatic rings. The van der Waals surface area contributed by atoms with E-state index in [0.29, 0.717) is 0 Å². The molecule has 0 fully saturated rings. The Bertz CT molecular complexity index is 981. The lowest BCUT2D eigenvalue weighted by Crippen LogP contribution is -2.22. The van der Waals surface area contributed by atoms with Gasteiger partial charge in [-0.25, -0.2) is 9.97 Å². The van der Waals surface area contributed by atoms with Gasteiger partial charge in [0, 0.05) is 37.2 Å². The summed E-state index contributed by atoms with van der Waals surface area (Å²) in [5.74, 6) is 0.780. The Labute approximate surface area is 160 Å². The molecule has 0 spiro atoms. The first-order chi connectivity index (χ1) is 13.2. The standard InChI is InChI=1S/C23H24N4/c1-18-13-19(2)27-17-22(25-23(27)24-18)16-26(14-20-9-5-3-6-10-20)15-21-11-7-4-8-12-21/h3-13,17H,14-16H2,1-2H3. The van der Waals surface area contributed by atoms with Crippen molar-refractivity contribution in [2.75, 3.05) is 0 Å². The lowest BCUT2D eigenvalue weighted by atomic mass is 10.1. The van der Waals surface area contributed by atoms with Gasteiger partial charge in [-0.3, -0.25) is 9.30 Å². The van der Waals surface area contributed by atoms with Gasteiger partial charge >= 0.3 is 0 Å². The average Bonchev–Trinajstić information content (AvgIpc) is 3.06. The van der Waals surface area contributed by atoms with Crippen LogP contribution in [0.25, 0.3) is 5.78 Å². The summed E-state index contributed by atoms with van der Waals surface area (Å²) in [5.41, 5.74) is 5.82. The van der Waals surface area contributed by atoms with E-state index in [1.807, 2.05) is 6.92 Å². The molecular weight excluding hydrogens is 332 g/mol. The number of aryl methyl sites for hydroxylation is 2. The number of nitrogens with zero attached hydrogens (tertiary/aromatic N) is 4. The molecule has 0 N–H and O–H groups in total. The first-order valence-corrected chi connectivity index (χ1v) is 9.30. The summed E-state index contributed by atoms with van der Waals surface area (Å²) in [7, 11) is 0. The number of benzene rings is 2. The van der Waals surface area contributed by atoms with Crippen molar-refractivity contribution in [3.8, 4) is 0 Å². The van der Waals surface area contributed by atoms with E-state index in [4.69, 9.17) is 4.98 Å². The second-order valence-corrected chi connectivity index (χ2v) is 7.06. The van der Waals surface area contributed by atoms with Gasteiger partial charge in [-0.2, -0.15) is 0 Å². The van der Waals surface area contributed by atoms with Crippen LogP contribution in [0.5, 0.6) is 0 Å². The summed E-state index contributed by atoms with van der Waals surface area (Å²) in [6, 6.07) is 23.3. The van der Waals surface area contributed by atoms with Crippen LogP contribution in [0.3, 0.4) is 0 Å². The van der Waals surface area contributed by atoms with Crippen LogP contribution in [0, 0.1) is 13.8 Å². The van der Waals surface area contributed by atoms with Crippen molar-refractivity contribution < 1.29 is 0 Å². The van der Waals surface area contributed by atoms with E-state index in [1.54, 1.807) is 0 Å². The van der Waals surface area contributed by atoms with Crippen LogP contribution in [0.15, 0.2) is 72.9 Å². The number of fused-ring (bicyclic) bond motifs is 1. The van der Waals surface area contributed by atoms with Crippen molar-refractivity contribution in [2.24, 2.45) is 0 Å². The van der Waals surface area contributed by atoms with E-state index in [1.165, 1.54) is 11.1 Å². The monoisotopic (exact) mass is 356 g/mol. The van der Waals surface area contributed by atoms with Crippen molar-refractivity contribution in [3.63, 3.8) is 0 Å². The van der Waals surface area contributed by atoms with Gasteiger partial charge in [0.15, 0.2) is 0 Å². The van der Waals surface area contributed by atoms with Crippen molar-refractivity contribution in [1.82, 2.24) is 19.3 Å². The second kappa shape index (κ2) is 7.72. The van der Waals surface area contributed by atoms with Gasteiger partial charge < -0.3 is 0 Å². The lowest BCUT2D eigenvalue weighted by molar-refractivity contribution is 0.245. The first-order valence-electron chi connectivity index (χ1n) is 9.30. The molecule has 0 aliphatic heterocycles. The minimum Gasteiger partial charge on any atom is -0.289 e. The third-order valence-corrected chi connectivity index (χ3v) is 4.69. The maximum atomic E-state index is 4.77. The molecule has 0 atom stereocenters. The van der Waals surface area contributed by atoms with Crippen LogP contribution in [-0.2, 0) is 19.6 Å². The topological polar surface area (TPSA) is 33.4 Å². The summed E-state index contributed by atoms with van der Waals surface area (Å²) in [6.07, 6.45) is 2.11. The lowest BCUT2D eigenvalue weighted by Gasteiger charge is -2.21. The molecule has 0 saturated heterocycles. The Balaban J connectivity index is 1.61. The number of rotatable bonds is 6. The fraction of sp³-hybridized carbons (Fsp3) is 0.217. The van der Waals surface area contributed by atoms with Crippen molar-refractivity contribution in [3.05, 3.63) is 101 Å². The maximum Gasteiger partial charge on any atom is 0.234 e. The Morgan fingerprint density at radius 3 is 1.96 bits per heavy atom. The van der Waals surface area contributed by atoms with Gasteiger partial charge in [0.05, 0.1) is 5.69 Å². The minimum absolute atomic E-state index is 0.780. The highest BCUT2D eigenvalue weighted by atomic mass is 15.2. The Hall–Kier alpha value is -2.98. The molecule has 0 bridgehead atoms. The highest BCUT2D eigenvalue weighted by Crippen LogP contribution is 2.15. The normalized spacial score (nSPS) is 11.4. The zero-order valence-electron chi connectivity index (χ0n) is 15.8. The molecule has 0 unspecified atom stereocenters. The highest BCUT2D eigenvalue weighted by molar-refractivity contribution is 5.34. The number of hydrogen-bond acceptors (Lipinski definition) is 3. The van der Waals surface area contributed by atoms with Gasteiger partial charge in [-0.15, -0.1) is 0 Å². The van der Waals surface area contributed by atoms with Crippen molar-refractivity contribution in [1.29, 1.82) is 0 Å². The van der Waals surface area contributed by atoms with Crippen LogP contribution in [0.1, 0.15) is 28.2 Å². The summed E-state index contributed by atoms with van der Waals surface area (Å²) >= 11 is 0. The van der Waals surface area contributed by atoms with Gasteiger partial charge in [-0.1, -0.05) is 60.7 Å². The zero-order valence-corrected chi connectivity index (χ0v) is 15.8. The molecule has 4 nitrogen and oxygen atoms in total. The van der Waals surface area contributed by atoms with Crippen LogP contribution < -0.4 is 0 Å². The van der Waals surface area contributed by atoms with Gasteiger partial charge in [-0.05, 0) is 31.0 Å². The Morgan fingerprint density at radius 1 is 0.778 bits per heavy atom. The molecule has 0 amide bonds. The molecule has 2 heterocycles. The quantitative estimate of drug-likeness (QED) is 0.508. The predicted molar refractivity (Wildman–Crippen MR) is 108 cm³/mol. The molecule has 2 aromatic heterocycles. The van der Waals surface area contributed by atoms with Crippen LogP contribution in [-0.4, -0.2) is 19.3 Å². The van der Waals surface area contributed by atoms with E-state index in [9.17, 15) is 0 Å². The van der Waals surface area contributed by atoms with E-state index in [-0.39, 0.29) is 0 Å². The molecule has 27 heavy (non-hydrogen) atoms. The smallest absolute Gasteiger partial charge is 0.234 e. The molecule has 4 rings (SSSR count). The van der Waals surface area contributed by atoms with Crippen LogP contribution in [0.2, 0.25) is 0 Å². The van der Waals surface area contributed by atoms with Gasteiger partial charge in [0.2, 0.25) is 5.78 Å². The molecular formula is C23H24N4. The largest absolute Gasteiger partial charge is 0.289 e. The molecule has 136 valence electrons. The number of aromatic nitrogens is 3. The number of hydrogen-bond donors (Lipinski definition) is 0. The summed E-state index contributed by atoms with van der Waals surface area (Å²) in [6.45, 7) is 6.66. The third kappa shape index (κ3) is 4.23. The van der Waals surface area contributed by atoms with E-state index >= 15 is 0 Å². The average molecular weight is 356 g/mol. The zero-order chi connectivity index (χ0) is 18.6. The van der Waals surface area contributed by atoms with Crippen molar-refractivity contribution in [2.45, 2.75) is 33.5 Å². The third-order valence-electron chi connectivity index (χ3n) is 4.69. The van der Waals surface area contributed by atoms with E-state index in [2.05, 4.69) is 94.1 Å². The SMILES string of the molecule is Cc1cc(C)n2cc(CN(Cc3ccccc3)Cc3ccccc3)nc2n1. The van der Waals surface area contributed by atoms with E-state index in [0.717, 1.165) is 42.5 Å². The Morgan fingerprint density at radius 2 is 1.37 bits per heavy atom. The van der Waals surface area contributed by atoms with Crippen molar-refractivity contribution >= 4 is 5.78 Å². The second-order valence-electron chi connectivity index (χ2n) is 7.06. The molecule has 0 radical (unpaired) electrons. The molecule has 0 saturated carbocycles. The van der Waals surface area contributed by atoms with Gasteiger partial charge in [0.25, 0.3) is 0 Å². The van der Waals surface area contributed by atoms with Gasteiger partial charge in [0.1, 0.15) is 0 Å². The molecule has 2 aromatic carbocycles.